The van der Waals surface area contributed by atoms with Crippen LogP contribution in [-0.4, -0.2) is 53.1 Å². The van der Waals surface area contributed by atoms with E-state index in [4.69, 9.17) is 9.47 Å². The second-order valence-electron chi connectivity index (χ2n) is 4.49. The first-order chi connectivity index (χ1) is 9.81. The molecule has 0 saturated carbocycles. The topological polar surface area (TPSA) is 73.6 Å². The molecule has 2 aromatic rings. The van der Waals surface area contributed by atoms with Crippen molar-refractivity contribution in [2.24, 2.45) is 0 Å². The average molecular weight is 279 g/mol. The van der Waals surface area contributed by atoms with Crippen LogP contribution in [0.2, 0.25) is 0 Å². The van der Waals surface area contributed by atoms with Crippen LogP contribution >= 0.6 is 0 Å². The van der Waals surface area contributed by atoms with Crippen molar-refractivity contribution >= 4 is 11.6 Å². The Kier molecular flexibility index (Phi) is 5.69. The first-order valence-corrected chi connectivity index (χ1v) is 6.79. The van der Waals surface area contributed by atoms with Crippen LogP contribution in [0.4, 0.5) is 5.82 Å². The fourth-order valence-electron chi connectivity index (χ4n) is 1.85. The summed E-state index contributed by atoms with van der Waals surface area (Å²) in [5.74, 6) is 1.54. The van der Waals surface area contributed by atoms with Crippen LogP contribution in [0.15, 0.2) is 12.4 Å². The highest BCUT2D eigenvalue weighted by Gasteiger charge is 2.04. The molecule has 2 aromatic heterocycles. The number of hydrogen-bond donors (Lipinski definition) is 1. The Morgan fingerprint density at radius 1 is 1.25 bits per heavy atom. The third-order valence-electron chi connectivity index (χ3n) is 2.83. The third-order valence-corrected chi connectivity index (χ3v) is 2.83. The van der Waals surface area contributed by atoms with Gasteiger partial charge in [-0.1, -0.05) is 0 Å². The number of nitrogens with one attached hydrogen (secondary N) is 1. The lowest BCUT2D eigenvalue weighted by atomic mass is 10.3. The Morgan fingerprint density at radius 3 is 3.00 bits per heavy atom. The zero-order valence-corrected chi connectivity index (χ0v) is 12.0. The Hall–Kier alpha value is -1.73. The van der Waals surface area contributed by atoms with Crippen LogP contribution in [0, 0.1) is 6.92 Å². The Labute approximate surface area is 118 Å². The highest BCUT2D eigenvalue weighted by Crippen LogP contribution is 2.10. The normalized spacial score (nSPS) is 11.1. The molecule has 7 heteroatoms. The van der Waals surface area contributed by atoms with Gasteiger partial charge in [0.15, 0.2) is 0 Å². The lowest BCUT2D eigenvalue weighted by Gasteiger charge is -2.08. The van der Waals surface area contributed by atoms with Gasteiger partial charge in [-0.15, -0.1) is 0 Å². The smallest absolute Gasteiger partial charge is 0.254 e. The van der Waals surface area contributed by atoms with Crippen molar-refractivity contribution < 1.29 is 9.47 Å². The lowest BCUT2D eigenvalue weighted by Crippen LogP contribution is -2.09. The van der Waals surface area contributed by atoms with Crippen molar-refractivity contribution in [3.8, 4) is 0 Å². The van der Waals surface area contributed by atoms with E-state index in [1.807, 2.05) is 13.0 Å². The summed E-state index contributed by atoms with van der Waals surface area (Å²) in [6, 6.07) is 1.97. The van der Waals surface area contributed by atoms with Gasteiger partial charge in [0.25, 0.3) is 5.78 Å². The van der Waals surface area contributed by atoms with Crippen LogP contribution in [0.3, 0.4) is 0 Å². The van der Waals surface area contributed by atoms with Gasteiger partial charge in [0.2, 0.25) is 0 Å². The number of aromatic nitrogens is 4. The van der Waals surface area contributed by atoms with Crippen molar-refractivity contribution in [2.45, 2.75) is 19.8 Å². The number of rotatable bonds is 9. The number of anilines is 1. The maximum atomic E-state index is 5.41. The molecule has 0 radical (unpaired) electrons. The molecule has 7 nitrogen and oxygen atoms in total. The van der Waals surface area contributed by atoms with E-state index in [-0.39, 0.29) is 0 Å². The van der Waals surface area contributed by atoms with Crippen molar-refractivity contribution in [1.82, 2.24) is 19.6 Å². The van der Waals surface area contributed by atoms with Gasteiger partial charge in [-0.3, -0.25) is 0 Å². The van der Waals surface area contributed by atoms with Gasteiger partial charge in [-0.25, -0.2) is 4.98 Å². The van der Waals surface area contributed by atoms with Gasteiger partial charge in [-0.05, 0) is 19.8 Å². The summed E-state index contributed by atoms with van der Waals surface area (Å²) in [4.78, 5) is 8.40. The summed E-state index contributed by atoms with van der Waals surface area (Å²) < 4.78 is 12.0. The Bertz CT molecular complexity index is 528. The molecule has 0 amide bonds. The zero-order chi connectivity index (χ0) is 14.2. The van der Waals surface area contributed by atoms with Crippen LogP contribution in [0.1, 0.15) is 18.5 Å². The number of hydrogen-bond acceptors (Lipinski definition) is 6. The summed E-state index contributed by atoms with van der Waals surface area (Å²) in [7, 11) is 1.68. The SMILES string of the molecule is COCCOCCCCNc1cc(C)nc2ncnn12. The second-order valence-corrected chi connectivity index (χ2v) is 4.49. The first-order valence-electron chi connectivity index (χ1n) is 6.79. The number of ether oxygens (including phenoxy) is 2. The van der Waals surface area contributed by atoms with E-state index in [1.165, 1.54) is 6.33 Å². The van der Waals surface area contributed by atoms with E-state index in [9.17, 15) is 0 Å². The number of aryl methyl sites for hydroxylation is 1. The first kappa shape index (κ1) is 14.7. The zero-order valence-electron chi connectivity index (χ0n) is 12.0. The summed E-state index contributed by atoms with van der Waals surface area (Å²) >= 11 is 0. The molecule has 0 aliphatic rings. The molecule has 0 aliphatic carbocycles. The van der Waals surface area contributed by atoms with E-state index in [0.29, 0.717) is 19.0 Å². The lowest BCUT2D eigenvalue weighted by molar-refractivity contribution is 0.0691. The van der Waals surface area contributed by atoms with Gasteiger partial charge in [-0.2, -0.15) is 14.6 Å². The molecular weight excluding hydrogens is 258 g/mol. The molecule has 0 spiro atoms. The molecule has 0 atom stereocenters. The van der Waals surface area contributed by atoms with Crippen LogP contribution in [0.5, 0.6) is 0 Å². The fraction of sp³-hybridized carbons (Fsp3) is 0.615. The minimum Gasteiger partial charge on any atom is -0.382 e. The van der Waals surface area contributed by atoms with E-state index >= 15 is 0 Å². The molecule has 2 rings (SSSR count). The third kappa shape index (κ3) is 4.14. The molecule has 0 bridgehead atoms. The standard InChI is InChI=1S/C13H21N5O2/c1-11-9-12(18-13(17-11)15-10-16-18)14-5-3-4-6-20-8-7-19-2/h9-10,14H,3-8H2,1-2H3. The monoisotopic (exact) mass is 279 g/mol. The Balaban J connectivity index is 1.72. The van der Waals surface area contributed by atoms with Crippen molar-refractivity contribution in [2.75, 3.05) is 38.8 Å². The van der Waals surface area contributed by atoms with Crippen LogP contribution in [0.25, 0.3) is 5.78 Å². The molecule has 110 valence electrons. The summed E-state index contributed by atoms with van der Waals surface area (Å²) in [6.07, 6.45) is 3.56. The van der Waals surface area contributed by atoms with Crippen molar-refractivity contribution in [3.05, 3.63) is 18.1 Å². The second kappa shape index (κ2) is 7.76. The Morgan fingerprint density at radius 2 is 2.15 bits per heavy atom. The van der Waals surface area contributed by atoms with Gasteiger partial charge < -0.3 is 14.8 Å². The summed E-state index contributed by atoms with van der Waals surface area (Å²) in [5.41, 5.74) is 0.927. The number of methoxy groups -OCH3 is 1. The molecule has 0 saturated heterocycles. The predicted molar refractivity (Wildman–Crippen MR) is 75.9 cm³/mol. The quantitative estimate of drug-likeness (QED) is 0.697. The van der Waals surface area contributed by atoms with Gasteiger partial charge in [0, 0.05) is 32.0 Å². The van der Waals surface area contributed by atoms with Crippen molar-refractivity contribution in [3.63, 3.8) is 0 Å². The van der Waals surface area contributed by atoms with E-state index in [2.05, 4.69) is 20.4 Å². The molecule has 2 heterocycles. The minimum absolute atomic E-state index is 0.621. The van der Waals surface area contributed by atoms with Gasteiger partial charge in [0.05, 0.1) is 13.2 Å². The van der Waals surface area contributed by atoms with Gasteiger partial charge in [0.1, 0.15) is 12.1 Å². The molecule has 0 unspecified atom stereocenters. The number of nitrogens with zero attached hydrogens (tertiary/aromatic N) is 4. The summed E-state index contributed by atoms with van der Waals surface area (Å²) in [6.45, 7) is 4.89. The fourth-order valence-corrected chi connectivity index (χ4v) is 1.85. The van der Waals surface area contributed by atoms with Crippen LogP contribution < -0.4 is 5.32 Å². The molecular formula is C13H21N5O2. The minimum atomic E-state index is 0.621. The largest absolute Gasteiger partial charge is 0.382 e. The van der Waals surface area contributed by atoms with E-state index < -0.39 is 0 Å². The number of fused-ring (bicyclic) bond motifs is 1. The maximum absolute atomic E-state index is 5.41. The van der Waals surface area contributed by atoms with Crippen molar-refractivity contribution in [1.29, 1.82) is 0 Å². The molecule has 20 heavy (non-hydrogen) atoms. The van der Waals surface area contributed by atoms with E-state index in [1.54, 1.807) is 11.6 Å². The molecule has 1 N–H and O–H groups in total. The predicted octanol–water partition coefficient (Wildman–Crippen LogP) is 1.29. The highest BCUT2D eigenvalue weighted by atomic mass is 16.5. The average Bonchev–Trinajstić information content (AvgIpc) is 2.89. The highest BCUT2D eigenvalue weighted by molar-refractivity contribution is 5.44. The maximum Gasteiger partial charge on any atom is 0.254 e. The number of unbranched alkanes of at least 4 members (excludes halogenated alkanes) is 1. The van der Waals surface area contributed by atoms with E-state index in [0.717, 1.165) is 37.5 Å². The van der Waals surface area contributed by atoms with Gasteiger partial charge >= 0.3 is 0 Å². The molecule has 0 aliphatic heterocycles. The van der Waals surface area contributed by atoms with Crippen LogP contribution in [-0.2, 0) is 9.47 Å². The molecule has 0 aromatic carbocycles. The molecule has 0 fully saturated rings. The summed E-state index contributed by atoms with van der Waals surface area (Å²) in [5, 5.41) is 7.51.